The fourth-order valence-corrected chi connectivity index (χ4v) is 5.17. The number of likely N-dealkylation sites (tertiary alicyclic amines) is 1. The second-order valence-electron chi connectivity index (χ2n) is 9.42. The Labute approximate surface area is 171 Å². The summed E-state index contributed by atoms with van der Waals surface area (Å²) in [6.07, 6.45) is 1.76. The lowest BCUT2D eigenvalue weighted by Gasteiger charge is -2.38. The van der Waals surface area contributed by atoms with E-state index in [1.807, 2.05) is 31.7 Å². The van der Waals surface area contributed by atoms with Gasteiger partial charge in [-0.1, -0.05) is 12.1 Å². The first-order chi connectivity index (χ1) is 13.8. The highest BCUT2D eigenvalue weighted by atomic mass is 19.1. The van der Waals surface area contributed by atoms with Crippen LogP contribution in [0.2, 0.25) is 0 Å². The van der Waals surface area contributed by atoms with Crippen LogP contribution in [0.1, 0.15) is 44.2 Å². The monoisotopic (exact) mass is 394 g/mol. The van der Waals surface area contributed by atoms with E-state index in [1.165, 1.54) is 22.9 Å². The smallest absolute Gasteiger partial charge is 0.410 e. The summed E-state index contributed by atoms with van der Waals surface area (Å²) in [6, 6.07) is 11.7. The summed E-state index contributed by atoms with van der Waals surface area (Å²) < 4.78 is 19.4. The standard InChI is InChI=1S/C24H27FN2O2/c1-24(2,3)29-23(28)26-9-8-21-20(14-26)19-13-17(15-5-4-6-18(25)12-15)11-16-7-10-27(21)22(16)19/h4-6,11-13,20-21H,7-10,14H2,1-3H3/t20-,21-/m1/s1. The summed E-state index contributed by atoms with van der Waals surface area (Å²) in [6.45, 7) is 8.14. The van der Waals surface area contributed by atoms with Crippen molar-refractivity contribution in [2.24, 2.45) is 0 Å². The van der Waals surface area contributed by atoms with Crippen molar-refractivity contribution in [2.75, 3.05) is 24.5 Å². The number of amides is 1. The van der Waals surface area contributed by atoms with Gasteiger partial charge in [-0.3, -0.25) is 0 Å². The summed E-state index contributed by atoms with van der Waals surface area (Å²) in [4.78, 5) is 17.0. The Morgan fingerprint density at radius 2 is 1.97 bits per heavy atom. The van der Waals surface area contributed by atoms with E-state index in [0.29, 0.717) is 12.6 Å². The maximum Gasteiger partial charge on any atom is 0.410 e. The van der Waals surface area contributed by atoms with Crippen molar-refractivity contribution in [3.8, 4) is 11.1 Å². The third-order valence-electron chi connectivity index (χ3n) is 6.31. The van der Waals surface area contributed by atoms with Gasteiger partial charge < -0.3 is 14.5 Å². The molecule has 0 saturated carbocycles. The van der Waals surface area contributed by atoms with Gasteiger partial charge >= 0.3 is 6.09 Å². The predicted molar refractivity (Wildman–Crippen MR) is 112 cm³/mol. The zero-order valence-electron chi connectivity index (χ0n) is 17.2. The molecule has 2 aromatic rings. The summed E-state index contributed by atoms with van der Waals surface area (Å²) in [5, 5.41) is 0. The number of piperidine rings is 1. The molecular weight excluding hydrogens is 367 g/mol. The molecule has 5 rings (SSSR count). The quantitative estimate of drug-likeness (QED) is 0.685. The largest absolute Gasteiger partial charge is 0.444 e. The summed E-state index contributed by atoms with van der Waals surface area (Å²) in [5.74, 6) is 0.0616. The predicted octanol–water partition coefficient (Wildman–Crippen LogP) is 4.96. The molecule has 3 heterocycles. The molecule has 0 aliphatic carbocycles. The number of benzene rings is 2. The van der Waals surface area contributed by atoms with Gasteiger partial charge in [0.1, 0.15) is 11.4 Å². The Morgan fingerprint density at radius 3 is 2.72 bits per heavy atom. The van der Waals surface area contributed by atoms with Gasteiger partial charge in [-0.2, -0.15) is 0 Å². The van der Waals surface area contributed by atoms with E-state index in [-0.39, 0.29) is 17.8 Å². The molecule has 152 valence electrons. The Balaban J connectivity index is 1.49. The molecule has 0 N–H and O–H groups in total. The first-order valence-electron chi connectivity index (χ1n) is 10.5. The highest BCUT2D eigenvalue weighted by Crippen LogP contribution is 2.50. The van der Waals surface area contributed by atoms with Gasteiger partial charge in [0.05, 0.1) is 0 Å². The SMILES string of the molecule is CC(C)(C)OC(=O)N1CC[C@@H]2[C@H](C1)c1cc(-c3cccc(F)c3)cc3c1N2CC3. The normalized spacial score (nSPS) is 22.5. The molecule has 1 saturated heterocycles. The van der Waals surface area contributed by atoms with E-state index >= 15 is 0 Å². The molecular formula is C24H27FN2O2. The molecule has 1 amide bonds. The molecule has 5 heteroatoms. The van der Waals surface area contributed by atoms with Crippen molar-refractivity contribution in [3.63, 3.8) is 0 Å². The highest BCUT2D eigenvalue weighted by molar-refractivity contribution is 5.78. The maximum absolute atomic E-state index is 13.8. The fraction of sp³-hybridized carbons (Fsp3) is 0.458. The van der Waals surface area contributed by atoms with Crippen LogP contribution in [0.15, 0.2) is 36.4 Å². The van der Waals surface area contributed by atoms with Gasteiger partial charge in [-0.15, -0.1) is 0 Å². The van der Waals surface area contributed by atoms with Crippen LogP contribution in [-0.2, 0) is 11.2 Å². The highest BCUT2D eigenvalue weighted by Gasteiger charge is 2.46. The van der Waals surface area contributed by atoms with Crippen LogP contribution in [0, 0.1) is 5.82 Å². The van der Waals surface area contributed by atoms with E-state index in [4.69, 9.17) is 4.74 Å². The summed E-state index contributed by atoms with van der Waals surface area (Å²) >= 11 is 0. The summed E-state index contributed by atoms with van der Waals surface area (Å²) in [7, 11) is 0. The topological polar surface area (TPSA) is 32.8 Å². The number of hydrogen-bond donors (Lipinski definition) is 0. The van der Waals surface area contributed by atoms with Gasteiger partial charge in [0.25, 0.3) is 0 Å². The van der Waals surface area contributed by atoms with E-state index < -0.39 is 5.60 Å². The van der Waals surface area contributed by atoms with E-state index in [9.17, 15) is 9.18 Å². The lowest BCUT2D eigenvalue weighted by atomic mass is 9.86. The second-order valence-corrected chi connectivity index (χ2v) is 9.42. The van der Waals surface area contributed by atoms with Gasteiger partial charge in [-0.25, -0.2) is 9.18 Å². The van der Waals surface area contributed by atoms with Crippen LogP contribution in [-0.4, -0.2) is 42.3 Å². The minimum Gasteiger partial charge on any atom is -0.444 e. The third kappa shape index (κ3) is 3.17. The molecule has 29 heavy (non-hydrogen) atoms. The van der Waals surface area contributed by atoms with Crippen molar-refractivity contribution < 1.29 is 13.9 Å². The van der Waals surface area contributed by atoms with E-state index in [0.717, 1.165) is 37.1 Å². The van der Waals surface area contributed by atoms with Gasteiger partial charge in [0.2, 0.25) is 0 Å². The van der Waals surface area contributed by atoms with Gasteiger partial charge in [0.15, 0.2) is 0 Å². The number of nitrogens with zero attached hydrogens (tertiary/aromatic N) is 2. The number of carbonyl (C=O) groups is 1. The first-order valence-corrected chi connectivity index (χ1v) is 10.5. The Hall–Kier alpha value is -2.56. The van der Waals surface area contributed by atoms with Gasteiger partial charge in [-0.05, 0) is 80.1 Å². The number of fused-ring (bicyclic) bond motifs is 3. The number of anilines is 1. The van der Waals surface area contributed by atoms with Crippen molar-refractivity contribution >= 4 is 11.8 Å². The second kappa shape index (κ2) is 6.48. The van der Waals surface area contributed by atoms with E-state index in [2.05, 4.69) is 17.0 Å². The first kappa shape index (κ1) is 18.5. The average molecular weight is 394 g/mol. The van der Waals surface area contributed by atoms with Crippen LogP contribution in [0.4, 0.5) is 14.9 Å². The minimum absolute atomic E-state index is 0.215. The molecule has 2 aromatic carbocycles. The van der Waals surface area contributed by atoms with Crippen LogP contribution in [0.3, 0.4) is 0 Å². The fourth-order valence-electron chi connectivity index (χ4n) is 5.17. The van der Waals surface area contributed by atoms with Crippen molar-refractivity contribution in [2.45, 2.75) is 51.2 Å². The number of hydrogen-bond acceptors (Lipinski definition) is 3. The molecule has 0 aromatic heterocycles. The molecule has 2 atom stereocenters. The zero-order chi connectivity index (χ0) is 20.3. The van der Waals surface area contributed by atoms with Crippen LogP contribution >= 0.6 is 0 Å². The third-order valence-corrected chi connectivity index (χ3v) is 6.31. The van der Waals surface area contributed by atoms with Crippen molar-refractivity contribution in [1.82, 2.24) is 4.90 Å². The Kier molecular flexibility index (Phi) is 4.12. The zero-order valence-corrected chi connectivity index (χ0v) is 17.2. The molecule has 0 bridgehead atoms. The molecule has 0 spiro atoms. The lowest BCUT2D eigenvalue weighted by Crippen LogP contribution is -2.49. The molecule has 1 fully saturated rings. The lowest BCUT2D eigenvalue weighted by molar-refractivity contribution is 0.0189. The van der Waals surface area contributed by atoms with Gasteiger partial charge in [0, 0.05) is 37.3 Å². The Bertz CT molecular complexity index is 981. The van der Waals surface area contributed by atoms with Crippen LogP contribution in [0.5, 0.6) is 0 Å². The molecule has 3 aliphatic heterocycles. The average Bonchev–Trinajstić information content (AvgIpc) is 3.22. The summed E-state index contributed by atoms with van der Waals surface area (Å²) in [5.41, 5.74) is 5.49. The van der Waals surface area contributed by atoms with Crippen molar-refractivity contribution in [1.29, 1.82) is 0 Å². The number of rotatable bonds is 1. The van der Waals surface area contributed by atoms with E-state index in [1.54, 1.807) is 12.1 Å². The number of carbonyl (C=O) groups excluding carboxylic acids is 1. The number of halogens is 1. The molecule has 0 radical (unpaired) electrons. The molecule has 4 nitrogen and oxygen atoms in total. The van der Waals surface area contributed by atoms with Crippen molar-refractivity contribution in [3.05, 3.63) is 53.3 Å². The minimum atomic E-state index is -0.489. The van der Waals surface area contributed by atoms with Crippen LogP contribution < -0.4 is 4.90 Å². The van der Waals surface area contributed by atoms with Crippen LogP contribution in [0.25, 0.3) is 11.1 Å². The molecule has 0 unspecified atom stereocenters. The Morgan fingerprint density at radius 1 is 1.14 bits per heavy atom. The molecule has 3 aliphatic rings. The number of ether oxygens (including phenoxy) is 1. The maximum atomic E-state index is 13.8.